The zero-order chi connectivity index (χ0) is 22.4. The van der Waals surface area contributed by atoms with Crippen LogP contribution in [-0.2, 0) is 0 Å². The Bertz CT molecular complexity index is 1550. The zero-order valence-corrected chi connectivity index (χ0v) is 17.8. The van der Waals surface area contributed by atoms with Crippen molar-refractivity contribution in [3.05, 3.63) is 94.4 Å². The molecular formula is C26H21N5O2. The van der Waals surface area contributed by atoms with Crippen LogP contribution in [0.2, 0.25) is 0 Å². The number of hydrogen-bond donors (Lipinski definition) is 2. The van der Waals surface area contributed by atoms with Crippen molar-refractivity contribution in [2.75, 3.05) is 6.54 Å². The molecule has 1 amide bonds. The fourth-order valence-electron chi connectivity index (χ4n) is 4.65. The molecular weight excluding hydrogens is 414 g/mol. The first-order valence-corrected chi connectivity index (χ1v) is 11.0. The lowest BCUT2D eigenvalue weighted by atomic mass is 10.1. The summed E-state index contributed by atoms with van der Waals surface area (Å²) in [5.74, 6) is 1.20. The number of H-pyrrole nitrogens is 2. The Labute approximate surface area is 189 Å². The summed E-state index contributed by atoms with van der Waals surface area (Å²) < 4.78 is 0. The van der Waals surface area contributed by atoms with Gasteiger partial charge in [-0.25, -0.2) is 4.98 Å². The van der Waals surface area contributed by atoms with Crippen molar-refractivity contribution in [2.45, 2.75) is 18.9 Å². The first kappa shape index (κ1) is 19.4. The summed E-state index contributed by atoms with van der Waals surface area (Å²) >= 11 is 0. The molecule has 33 heavy (non-hydrogen) atoms. The van der Waals surface area contributed by atoms with E-state index in [9.17, 15) is 9.59 Å². The number of amides is 1. The molecule has 6 rings (SSSR count). The molecule has 0 radical (unpaired) electrons. The Morgan fingerprint density at radius 2 is 1.73 bits per heavy atom. The van der Waals surface area contributed by atoms with Crippen LogP contribution in [-0.4, -0.2) is 37.5 Å². The number of aromatic amines is 2. The minimum absolute atomic E-state index is 0.0743. The minimum atomic E-state index is -0.173. The number of carbonyl (C=O) groups is 1. The Morgan fingerprint density at radius 1 is 0.939 bits per heavy atom. The van der Waals surface area contributed by atoms with Gasteiger partial charge in [-0.05, 0) is 43.2 Å². The molecule has 1 unspecified atom stereocenters. The van der Waals surface area contributed by atoms with Crippen LogP contribution in [0.15, 0.2) is 77.6 Å². The van der Waals surface area contributed by atoms with Gasteiger partial charge in [0, 0.05) is 39.5 Å². The first-order valence-electron chi connectivity index (χ1n) is 11.0. The molecule has 0 spiro atoms. The van der Waals surface area contributed by atoms with E-state index in [0.717, 1.165) is 29.4 Å². The molecule has 2 N–H and O–H groups in total. The molecule has 1 saturated heterocycles. The molecule has 0 aliphatic carbocycles. The Balaban J connectivity index is 1.34. The summed E-state index contributed by atoms with van der Waals surface area (Å²) in [6.07, 6.45) is 1.70. The lowest BCUT2D eigenvalue weighted by Crippen LogP contribution is -2.31. The number of benzene rings is 3. The number of carbonyl (C=O) groups excluding carboxylic acids is 1. The van der Waals surface area contributed by atoms with Crippen LogP contribution in [0.25, 0.3) is 33.2 Å². The summed E-state index contributed by atoms with van der Waals surface area (Å²) in [4.78, 5) is 36.3. The van der Waals surface area contributed by atoms with E-state index in [2.05, 4.69) is 20.2 Å². The van der Waals surface area contributed by atoms with E-state index in [1.165, 1.54) is 0 Å². The number of nitrogens with one attached hydrogen (secondary N) is 2. The van der Waals surface area contributed by atoms with Gasteiger partial charge in [-0.3, -0.25) is 14.7 Å². The summed E-state index contributed by atoms with van der Waals surface area (Å²) in [6, 6.07) is 22.3. The third kappa shape index (κ3) is 3.29. The summed E-state index contributed by atoms with van der Waals surface area (Å²) in [7, 11) is 0. The SMILES string of the molecule is O=C(c1ccc2[nH]c3ccccc3c(=O)c2c1)N1CCCC1c1nc(-c2ccccc2)n[nH]1. The van der Waals surface area contributed by atoms with Crippen LogP contribution in [0.1, 0.15) is 35.1 Å². The third-order valence-corrected chi connectivity index (χ3v) is 6.32. The van der Waals surface area contributed by atoms with Crippen LogP contribution < -0.4 is 5.43 Å². The van der Waals surface area contributed by atoms with E-state index in [1.807, 2.05) is 59.5 Å². The predicted molar refractivity (Wildman–Crippen MR) is 127 cm³/mol. The van der Waals surface area contributed by atoms with E-state index in [-0.39, 0.29) is 17.4 Å². The molecule has 3 aromatic carbocycles. The summed E-state index contributed by atoms with van der Waals surface area (Å²) in [6.45, 7) is 0.636. The first-order chi connectivity index (χ1) is 16.2. The highest BCUT2D eigenvalue weighted by Gasteiger charge is 2.33. The van der Waals surface area contributed by atoms with Gasteiger partial charge in [0.15, 0.2) is 11.3 Å². The second-order valence-electron chi connectivity index (χ2n) is 8.33. The molecule has 1 fully saturated rings. The lowest BCUT2D eigenvalue weighted by molar-refractivity contribution is 0.0730. The van der Waals surface area contributed by atoms with Crippen molar-refractivity contribution in [2.24, 2.45) is 0 Å². The molecule has 0 saturated carbocycles. The minimum Gasteiger partial charge on any atom is -0.354 e. The van der Waals surface area contributed by atoms with Gasteiger partial charge < -0.3 is 9.88 Å². The number of pyridine rings is 1. The van der Waals surface area contributed by atoms with Crippen molar-refractivity contribution in [3.63, 3.8) is 0 Å². The molecule has 1 atom stereocenters. The largest absolute Gasteiger partial charge is 0.354 e. The van der Waals surface area contributed by atoms with Crippen molar-refractivity contribution < 1.29 is 4.79 Å². The predicted octanol–water partition coefficient (Wildman–Crippen LogP) is 4.44. The normalized spacial score (nSPS) is 16.0. The van der Waals surface area contributed by atoms with Crippen molar-refractivity contribution in [1.29, 1.82) is 0 Å². The van der Waals surface area contributed by atoms with Crippen LogP contribution in [0.4, 0.5) is 0 Å². The lowest BCUT2D eigenvalue weighted by Gasteiger charge is -2.23. The van der Waals surface area contributed by atoms with E-state index < -0.39 is 0 Å². The van der Waals surface area contributed by atoms with Crippen molar-refractivity contribution in [3.8, 4) is 11.4 Å². The topological polar surface area (TPSA) is 94.7 Å². The smallest absolute Gasteiger partial charge is 0.254 e. The highest BCUT2D eigenvalue weighted by atomic mass is 16.2. The molecule has 1 aliphatic heterocycles. The molecule has 7 heteroatoms. The maximum absolute atomic E-state index is 13.5. The van der Waals surface area contributed by atoms with Crippen molar-refractivity contribution in [1.82, 2.24) is 25.1 Å². The molecule has 0 bridgehead atoms. The quantitative estimate of drug-likeness (QED) is 0.410. The standard InChI is InChI=1S/C26H21N5O2/c32-23-18-9-4-5-10-20(18)27-21-13-12-17(15-19(21)23)26(33)31-14-6-11-22(31)25-28-24(29-30-25)16-7-2-1-3-8-16/h1-5,7-10,12-13,15,22H,6,11,14H2,(H,27,32)(H,28,29,30). The van der Waals surface area contributed by atoms with E-state index in [1.54, 1.807) is 18.2 Å². The molecule has 5 aromatic rings. The van der Waals surface area contributed by atoms with Gasteiger partial charge in [0.2, 0.25) is 0 Å². The monoisotopic (exact) mass is 435 g/mol. The van der Waals surface area contributed by atoms with Crippen LogP contribution in [0, 0.1) is 0 Å². The number of rotatable bonds is 3. The highest BCUT2D eigenvalue weighted by molar-refractivity contribution is 6.00. The van der Waals surface area contributed by atoms with E-state index in [4.69, 9.17) is 0 Å². The van der Waals surface area contributed by atoms with Gasteiger partial charge in [0.05, 0.1) is 6.04 Å². The van der Waals surface area contributed by atoms with E-state index >= 15 is 0 Å². The van der Waals surface area contributed by atoms with Gasteiger partial charge >= 0.3 is 0 Å². The third-order valence-electron chi connectivity index (χ3n) is 6.32. The number of likely N-dealkylation sites (tertiary alicyclic amines) is 1. The van der Waals surface area contributed by atoms with Crippen LogP contribution >= 0.6 is 0 Å². The highest BCUT2D eigenvalue weighted by Crippen LogP contribution is 2.32. The average molecular weight is 435 g/mol. The molecule has 3 heterocycles. The van der Waals surface area contributed by atoms with E-state index in [0.29, 0.717) is 34.5 Å². The summed E-state index contributed by atoms with van der Waals surface area (Å²) in [5.41, 5.74) is 2.86. The number of para-hydroxylation sites is 1. The van der Waals surface area contributed by atoms with Gasteiger partial charge in [-0.1, -0.05) is 42.5 Å². The fraction of sp³-hybridized carbons (Fsp3) is 0.154. The second kappa shape index (κ2) is 7.70. The Morgan fingerprint density at radius 3 is 2.61 bits per heavy atom. The summed E-state index contributed by atoms with van der Waals surface area (Å²) in [5, 5.41) is 8.52. The number of hydrogen-bond acceptors (Lipinski definition) is 4. The molecule has 2 aromatic heterocycles. The van der Waals surface area contributed by atoms with Gasteiger partial charge in [-0.2, -0.15) is 5.10 Å². The average Bonchev–Trinajstić information content (AvgIpc) is 3.54. The van der Waals surface area contributed by atoms with Gasteiger partial charge in [0.25, 0.3) is 5.91 Å². The number of nitrogens with zero attached hydrogens (tertiary/aromatic N) is 3. The molecule has 162 valence electrons. The maximum atomic E-state index is 13.5. The van der Waals surface area contributed by atoms with Gasteiger partial charge in [0.1, 0.15) is 5.82 Å². The van der Waals surface area contributed by atoms with Crippen molar-refractivity contribution >= 4 is 27.7 Å². The number of fused-ring (bicyclic) bond motifs is 2. The Hall–Kier alpha value is -4.26. The molecule has 1 aliphatic rings. The van der Waals surface area contributed by atoms with Gasteiger partial charge in [-0.15, -0.1) is 0 Å². The zero-order valence-electron chi connectivity index (χ0n) is 17.8. The Kier molecular flexibility index (Phi) is 4.54. The maximum Gasteiger partial charge on any atom is 0.254 e. The second-order valence-corrected chi connectivity index (χ2v) is 8.33. The van der Waals surface area contributed by atoms with Crippen LogP contribution in [0.3, 0.4) is 0 Å². The fourth-order valence-corrected chi connectivity index (χ4v) is 4.65. The van der Waals surface area contributed by atoms with Crippen LogP contribution in [0.5, 0.6) is 0 Å². The molecule has 7 nitrogen and oxygen atoms in total. The number of aromatic nitrogens is 4.